The lowest BCUT2D eigenvalue weighted by Gasteiger charge is -2.43. The third-order valence-corrected chi connectivity index (χ3v) is 13.1. The fraction of sp³-hybridized carbons (Fsp3) is 0.450. The molecule has 2 aliphatic heterocycles. The van der Waals surface area contributed by atoms with E-state index < -0.39 is 34.7 Å². The van der Waals surface area contributed by atoms with Crippen LogP contribution in [-0.2, 0) is 31.4 Å². The molecule has 2 aliphatic rings. The molecule has 0 spiro atoms. The number of carbonyl (C=O) groups is 2. The Balaban J connectivity index is 1.12. The molecule has 288 valence electrons. The summed E-state index contributed by atoms with van der Waals surface area (Å²) >= 11 is -0.486. The van der Waals surface area contributed by atoms with E-state index in [9.17, 15) is 18.9 Å². The van der Waals surface area contributed by atoms with Crippen molar-refractivity contribution in [3.05, 3.63) is 87.9 Å². The predicted octanol–water partition coefficient (Wildman–Crippen LogP) is 5.49. The van der Waals surface area contributed by atoms with Crippen molar-refractivity contribution in [1.82, 2.24) is 20.7 Å². The van der Waals surface area contributed by atoms with Crippen molar-refractivity contribution < 1.29 is 27.9 Å². The molecule has 0 aliphatic carbocycles. The maximum atomic E-state index is 14.1. The molecule has 0 bridgehead atoms. The lowest BCUT2D eigenvalue weighted by atomic mass is 9.74. The second-order valence-electron chi connectivity index (χ2n) is 14.6. The highest BCUT2D eigenvalue weighted by molar-refractivity contribution is 7.80. The van der Waals surface area contributed by atoms with Gasteiger partial charge in [0.1, 0.15) is 22.9 Å². The van der Waals surface area contributed by atoms with Crippen molar-refractivity contribution in [3.8, 4) is 5.75 Å². The third-order valence-electron chi connectivity index (χ3n) is 10.8. The first-order chi connectivity index (χ1) is 25.9. The number of nitrogens with two attached hydrogens (primary N) is 1. The van der Waals surface area contributed by atoms with E-state index in [1.807, 2.05) is 93.3 Å². The van der Waals surface area contributed by atoms with Crippen molar-refractivity contribution in [3.63, 3.8) is 0 Å². The minimum atomic E-state index is -1.87. The maximum absolute atomic E-state index is 14.1. The lowest BCUT2D eigenvalue weighted by Crippen LogP contribution is -2.58. The molecule has 2 saturated heterocycles. The van der Waals surface area contributed by atoms with Gasteiger partial charge in [-0.05, 0) is 106 Å². The number of aryl methyl sites for hydroxylation is 1. The number of hydrogen-bond acceptors (Lipinski definition) is 9. The number of nitrogens with one attached hydrogen (secondary N) is 2. The average Bonchev–Trinajstić information content (AvgIpc) is 3.80. The zero-order valence-electron chi connectivity index (χ0n) is 31.5. The Morgan fingerprint density at radius 3 is 2.61 bits per heavy atom. The number of para-hydroxylation sites is 1. The van der Waals surface area contributed by atoms with Crippen molar-refractivity contribution in [2.75, 3.05) is 13.7 Å². The number of amides is 2. The number of nitrogens with zero attached hydrogens (tertiary/aromatic N) is 3. The molecule has 1 aromatic heterocycles. The molecule has 0 saturated carbocycles. The number of aliphatic hydroxyl groups is 1. The SMILES string of the molecule is COc1cc(C)c(S(=O)ONC(N)=NCCCC(NC(=O)[C@@H]2CCC3CC[C@@](C)(Cc4ccccc4)C(=O)N32)C(O)c2nc3ccccc3s2)c(C)c1C. The zero-order valence-corrected chi connectivity index (χ0v) is 33.1. The number of benzene rings is 3. The number of hydrogen-bond donors (Lipinski definition) is 4. The summed E-state index contributed by atoms with van der Waals surface area (Å²) in [4.78, 5) is 39.6. The molecule has 3 aromatic carbocycles. The number of aliphatic hydroxyl groups excluding tert-OH is 1. The highest BCUT2D eigenvalue weighted by Crippen LogP contribution is 2.43. The van der Waals surface area contributed by atoms with E-state index in [0.29, 0.717) is 41.3 Å². The number of fused-ring (bicyclic) bond motifs is 2. The first-order valence-electron chi connectivity index (χ1n) is 18.4. The minimum Gasteiger partial charge on any atom is -0.496 e. The Kier molecular flexibility index (Phi) is 12.4. The summed E-state index contributed by atoms with van der Waals surface area (Å²) in [7, 11) is 1.59. The van der Waals surface area contributed by atoms with Crippen LogP contribution >= 0.6 is 11.3 Å². The molecule has 6 rings (SSSR count). The van der Waals surface area contributed by atoms with E-state index in [1.54, 1.807) is 7.11 Å². The van der Waals surface area contributed by atoms with Gasteiger partial charge in [-0.15, -0.1) is 11.3 Å². The molecule has 2 amide bonds. The van der Waals surface area contributed by atoms with Gasteiger partial charge in [0, 0.05) is 12.6 Å². The molecular formula is C40H50N6O6S2. The van der Waals surface area contributed by atoms with Gasteiger partial charge in [-0.2, -0.15) is 4.28 Å². The Hall–Kier alpha value is -4.37. The largest absolute Gasteiger partial charge is 0.496 e. The van der Waals surface area contributed by atoms with Crippen LogP contribution in [0.3, 0.4) is 0 Å². The molecule has 4 aromatic rings. The maximum Gasteiger partial charge on any atom is 0.243 e. The number of aromatic nitrogens is 1. The van der Waals surface area contributed by atoms with E-state index >= 15 is 0 Å². The normalized spacial score (nSPS) is 21.8. The number of piperidine rings is 1. The van der Waals surface area contributed by atoms with Gasteiger partial charge in [0.05, 0.1) is 33.7 Å². The van der Waals surface area contributed by atoms with Crippen LogP contribution in [0.5, 0.6) is 5.75 Å². The Morgan fingerprint density at radius 2 is 1.87 bits per heavy atom. The first kappa shape index (κ1) is 39.3. The van der Waals surface area contributed by atoms with Gasteiger partial charge in [0.15, 0.2) is 0 Å². The summed E-state index contributed by atoms with van der Waals surface area (Å²) in [6.07, 6.45) is 3.27. The summed E-state index contributed by atoms with van der Waals surface area (Å²) < 4.78 is 24.8. The van der Waals surface area contributed by atoms with E-state index in [1.165, 1.54) is 11.3 Å². The topological polar surface area (TPSA) is 168 Å². The number of thiazole rings is 1. The molecule has 54 heavy (non-hydrogen) atoms. The van der Waals surface area contributed by atoms with Gasteiger partial charge >= 0.3 is 0 Å². The van der Waals surface area contributed by atoms with Crippen LogP contribution < -0.4 is 21.3 Å². The quantitative estimate of drug-likeness (QED) is 0.0561. The van der Waals surface area contributed by atoms with Gasteiger partial charge in [0.25, 0.3) is 0 Å². The molecular weight excluding hydrogens is 725 g/mol. The number of ether oxygens (including phenoxy) is 1. The number of hydroxylamine groups is 1. The van der Waals surface area contributed by atoms with Gasteiger partial charge in [-0.25, -0.2) is 14.7 Å². The van der Waals surface area contributed by atoms with Gasteiger partial charge in [0.2, 0.25) is 28.9 Å². The van der Waals surface area contributed by atoms with Crippen molar-refractivity contribution >= 4 is 50.4 Å². The molecule has 3 heterocycles. The first-order valence-corrected chi connectivity index (χ1v) is 20.3. The number of rotatable bonds is 14. The van der Waals surface area contributed by atoms with Crippen LogP contribution in [0.15, 0.2) is 70.6 Å². The van der Waals surface area contributed by atoms with Crippen LogP contribution in [0.1, 0.15) is 78.8 Å². The average molecular weight is 775 g/mol. The minimum absolute atomic E-state index is 0.0106. The van der Waals surface area contributed by atoms with Crippen LogP contribution in [0.25, 0.3) is 10.2 Å². The van der Waals surface area contributed by atoms with Gasteiger partial charge < -0.3 is 25.8 Å². The number of methoxy groups -OCH3 is 1. The summed E-state index contributed by atoms with van der Waals surface area (Å²) in [6.45, 7) is 7.83. The van der Waals surface area contributed by atoms with Crippen molar-refractivity contribution in [1.29, 1.82) is 0 Å². The van der Waals surface area contributed by atoms with Crippen LogP contribution in [0.2, 0.25) is 0 Å². The second kappa shape index (κ2) is 17.0. The Bertz CT molecular complexity index is 2010. The number of aliphatic imine (C=N–C) groups is 1. The molecule has 4 unspecified atom stereocenters. The Morgan fingerprint density at radius 1 is 1.13 bits per heavy atom. The lowest BCUT2D eigenvalue weighted by molar-refractivity contribution is -0.153. The fourth-order valence-electron chi connectivity index (χ4n) is 7.78. The van der Waals surface area contributed by atoms with E-state index in [2.05, 4.69) is 20.8 Å². The third kappa shape index (κ3) is 8.46. The molecule has 0 radical (unpaired) electrons. The van der Waals surface area contributed by atoms with Crippen LogP contribution in [-0.4, -0.2) is 68.8 Å². The number of guanidine groups is 1. The molecule has 6 atom stereocenters. The van der Waals surface area contributed by atoms with Crippen molar-refractivity contribution in [2.24, 2.45) is 16.1 Å². The summed E-state index contributed by atoms with van der Waals surface area (Å²) in [5, 5.41) is 15.3. The van der Waals surface area contributed by atoms with E-state index in [-0.39, 0.29) is 30.4 Å². The monoisotopic (exact) mass is 774 g/mol. The zero-order chi connectivity index (χ0) is 38.6. The Labute approximate surface area is 323 Å². The molecule has 12 nitrogen and oxygen atoms in total. The smallest absolute Gasteiger partial charge is 0.243 e. The highest BCUT2D eigenvalue weighted by atomic mass is 32.2. The predicted molar refractivity (Wildman–Crippen MR) is 211 cm³/mol. The number of carbonyl (C=O) groups excluding carboxylic acids is 2. The molecule has 2 fully saturated rings. The highest BCUT2D eigenvalue weighted by Gasteiger charge is 2.51. The van der Waals surface area contributed by atoms with Crippen LogP contribution in [0.4, 0.5) is 0 Å². The standard InChI is InChI=1S/C40H50N6O6S2/c1-24-22-32(51-5)25(2)26(3)35(24)54(50)52-45-39(41)42-21-11-15-30(34(47)37-44-29-14-9-10-16-33(29)53-37)43-36(48)31-18-17-28-19-20-40(4,38(49)46(28)31)23-27-12-7-6-8-13-27/h6-10,12-14,16,22,28,30-31,34,47H,11,15,17-21,23H2,1-5H3,(H,43,48)(H3,41,42,45)/t28?,30?,31-,34?,40-,54?/m0/s1. The van der Waals surface area contributed by atoms with E-state index in [4.69, 9.17) is 14.8 Å². The summed E-state index contributed by atoms with van der Waals surface area (Å²) in [5.74, 6) is 0.378. The van der Waals surface area contributed by atoms with Gasteiger partial charge in [-0.3, -0.25) is 14.6 Å². The second-order valence-corrected chi connectivity index (χ2v) is 16.7. The van der Waals surface area contributed by atoms with Gasteiger partial charge in [-0.1, -0.05) is 49.4 Å². The fourth-order valence-corrected chi connectivity index (χ4v) is 9.77. The molecule has 14 heteroatoms. The van der Waals surface area contributed by atoms with E-state index in [0.717, 1.165) is 51.7 Å². The van der Waals surface area contributed by atoms with Crippen molar-refractivity contribution in [2.45, 2.75) is 102 Å². The summed E-state index contributed by atoms with van der Waals surface area (Å²) in [5.41, 5.74) is 12.2. The van der Waals surface area contributed by atoms with Crippen LogP contribution in [0, 0.1) is 26.2 Å². The summed E-state index contributed by atoms with van der Waals surface area (Å²) in [6, 6.07) is 18.2. The molecule has 5 N–H and O–H groups in total.